The van der Waals surface area contributed by atoms with E-state index >= 15 is 0 Å². The van der Waals surface area contributed by atoms with Crippen LogP contribution in [0.15, 0.2) is 22.7 Å². The van der Waals surface area contributed by atoms with Crippen LogP contribution in [-0.4, -0.2) is 23.9 Å². The van der Waals surface area contributed by atoms with Crippen molar-refractivity contribution in [3.8, 4) is 0 Å². The van der Waals surface area contributed by atoms with Gasteiger partial charge in [-0.05, 0) is 34.1 Å². The lowest BCUT2D eigenvalue weighted by Crippen LogP contribution is -2.34. The first kappa shape index (κ1) is 13.6. The fourth-order valence-corrected chi connectivity index (χ4v) is 1.43. The molecule has 1 unspecified atom stereocenters. The Morgan fingerprint density at radius 2 is 2.06 bits per heavy atom. The third-order valence-corrected chi connectivity index (χ3v) is 3.01. The predicted molar refractivity (Wildman–Crippen MR) is 59.7 cm³/mol. The molecule has 90 valence electrons. The van der Waals surface area contributed by atoms with Crippen molar-refractivity contribution in [2.75, 3.05) is 11.9 Å². The summed E-state index contributed by atoms with van der Waals surface area (Å²) in [5.41, 5.74) is 0.444. The van der Waals surface area contributed by atoms with Gasteiger partial charge in [0.25, 0.3) is 0 Å². The molecule has 0 aliphatic carbocycles. The molecule has 0 aliphatic rings. The van der Waals surface area contributed by atoms with Crippen LogP contribution in [0, 0.1) is 0 Å². The number of benzene rings is 1. The maximum absolute atomic E-state index is 12.0. The second kappa shape index (κ2) is 5.25. The lowest BCUT2D eigenvalue weighted by atomic mass is 10.3. The van der Waals surface area contributed by atoms with Gasteiger partial charge in [-0.25, -0.2) is 0 Å². The Morgan fingerprint density at radius 3 is 2.56 bits per heavy atom. The molecule has 0 aromatic heterocycles. The quantitative estimate of drug-likeness (QED) is 0.895. The van der Waals surface area contributed by atoms with Crippen LogP contribution in [0.25, 0.3) is 0 Å². The summed E-state index contributed by atoms with van der Waals surface area (Å²) in [5.74, 6) is 0. The summed E-state index contributed by atoms with van der Waals surface area (Å²) in [6, 6.07) is 4.59. The Bertz CT molecular complexity index is 372. The van der Waals surface area contributed by atoms with Crippen molar-refractivity contribution < 1.29 is 18.3 Å². The highest BCUT2D eigenvalue weighted by atomic mass is 79.9. The van der Waals surface area contributed by atoms with Crippen molar-refractivity contribution in [2.45, 2.75) is 12.3 Å². The average Bonchev–Trinajstić information content (AvgIpc) is 2.18. The molecule has 2 N–H and O–H groups in total. The van der Waals surface area contributed by atoms with Crippen LogP contribution in [0.3, 0.4) is 0 Å². The van der Waals surface area contributed by atoms with Gasteiger partial charge in [-0.3, -0.25) is 0 Å². The number of halogens is 5. The summed E-state index contributed by atoms with van der Waals surface area (Å²) < 4.78 is 36.5. The molecule has 7 heteroatoms. The van der Waals surface area contributed by atoms with Crippen LogP contribution >= 0.6 is 27.5 Å². The van der Waals surface area contributed by atoms with E-state index in [9.17, 15) is 13.2 Å². The number of hydrogen-bond acceptors (Lipinski definition) is 2. The zero-order chi connectivity index (χ0) is 12.3. The lowest BCUT2D eigenvalue weighted by Gasteiger charge is -2.15. The third kappa shape index (κ3) is 3.84. The highest BCUT2D eigenvalue weighted by molar-refractivity contribution is 9.10. The SMILES string of the molecule is OC(CNc1ccc(Cl)c(Br)c1)C(F)(F)F. The first-order valence-electron chi connectivity index (χ1n) is 4.24. The highest BCUT2D eigenvalue weighted by Crippen LogP contribution is 2.26. The van der Waals surface area contributed by atoms with E-state index in [4.69, 9.17) is 16.7 Å². The van der Waals surface area contributed by atoms with Gasteiger partial charge >= 0.3 is 6.18 Å². The van der Waals surface area contributed by atoms with Crippen LogP contribution in [0.4, 0.5) is 18.9 Å². The Labute approximate surface area is 104 Å². The van der Waals surface area contributed by atoms with Gasteiger partial charge in [0.15, 0.2) is 6.10 Å². The average molecular weight is 319 g/mol. The normalized spacial score (nSPS) is 13.6. The minimum absolute atomic E-state index is 0.444. The van der Waals surface area contributed by atoms with Gasteiger partial charge in [0.1, 0.15) is 0 Å². The number of anilines is 1. The van der Waals surface area contributed by atoms with Crippen molar-refractivity contribution in [3.63, 3.8) is 0 Å². The van der Waals surface area contributed by atoms with Crippen LogP contribution in [-0.2, 0) is 0 Å². The Balaban J connectivity index is 2.58. The van der Waals surface area contributed by atoms with E-state index in [1.807, 2.05) is 0 Å². The summed E-state index contributed by atoms with van der Waals surface area (Å²) in [4.78, 5) is 0. The van der Waals surface area contributed by atoms with Gasteiger partial charge in [-0.1, -0.05) is 11.6 Å². The zero-order valence-corrected chi connectivity index (χ0v) is 10.2. The molecule has 0 spiro atoms. The Morgan fingerprint density at radius 1 is 1.44 bits per heavy atom. The van der Waals surface area contributed by atoms with E-state index in [0.717, 1.165) is 0 Å². The first-order valence-corrected chi connectivity index (χ1v) is 5.41. The van der Waals surface area contributed by atoms with Gasteiger partial charge in [0.2, 0.25) is 0 Å². The van der Waals surface area contributed by atoms with E-state index in [2.05, 4.69) is 21.2 Å². The molecule has 1 aromatic rings. The predicted octanol–water partition coefficient (Wildman–Crippen LogP) is 3.44. The van der Waals surface area contributed by atoms with E-state index < -0.39 is 18.8 Å². The summed E-state index contributed by atoms with van der Waals surface area (Å²) in [6.07, 6.45) is -7.00. The van der Waals surface area contributed by atoms with Gasteiger partial charge in [-0.2, -0.15) is 13.2 Å². The van der Waals surface area contributed by atoms with E-state index in [1.54, 1.807) is 0 Å². The maximum atomic E-state index is 12.0. The molecule has 1 aromatic carbocycles. The molecule has 0 saturated carbocycles. The molecule has 0 aliphatic heterocycles. The molecular weight excluding hydrogens is 310 g/mol. The molecule has 0 heterocycles. The monoisotopic (exact) mass is 317 g/mol. The molecule has 0 radical (unpaired) electrons. The Hall–Kier alpha value is -0.460. The summed E-state index contributed by atoms with van der Waals surface area (Å²) in [6.45, 7) is -0.600. The van der Waals surface area contributed by atoms with Crippen molar-refractivity contribution in [1.29, 1.82) is 0 Å². The standard InChI is InChI=1S/C9H8BrClF3NO/c10-6-3-5(1-2-7(6)11)15-4-8(16)9(12,13)14/h1-3,8,15-16H,4H2. The van der Waals surface area contributed by atoms with Gasteiger partial charge in [-0.15, -0.1) is 0 Å². The van der Waals surface area contributed by atoms with Gasteiger partial charge in [0.05, 0.1) is 5.02 Å². The first-order chi connectivity index (χ1) is 7.30. The van der Waals surface area contributed by atoms with E-state index in [1.165, 1.54) is 18.2 Å². The summed E-state index contributed by atoms with van der Waals surface area (Å²) in [7, 11) is 0. The molecule has 2 nitrogen and oxygen atoms in total. The van der Waals surface area contributed by atoms with Gasteiger partial charge in [0, 0.05) is 16.7 Å². The van der Waals surface area contributed by atoms with Crippen molar-refractivity contribution in [3.05, 3.63) is 27.7 Å². The number of nitrogens with one attached hydrogen (secondary N) is 1. The van der Waals surface area contributed by atoms with Crippen molar-refractivity contribution in [1.82, 2.24) is 0 Å². The molecular formula is C9H8BrClF3NO. The summed E-state index contributed by atoms with van der Waals surface area (Å²) in [5, 5.41) is 11.7. The zero-order valence-electron chi connectivity index (χ0n) is 7.85. The Kier molecular flexibility index (Phi) is 4.46. The van der Waals surface area contributed by atoms with E-state index in [-0.39, 0.29) is 0 Å². The fraction of sp³-hybridized carbons (Fsp3) is 0.333. The number of aliphatic hydroxyl groups is 1. The smallest absolute Gasteiger partial charge is 0.382 e. The van der Waals surface area contributed by atoms with E-state index in [0.29, 0.717) is 15.2 Å². The second-order valence-electron chi connectivity index (χ2n) is 3.07. The van der Waals surface area contributed by atoms with Crippen LogP contribution in [0.2, 0.25) is 5.02 Å². The minimum Gasteiger partial charge on any atom is -0.382 e. The second-order valence-corrected chi connectivity index (χ2v) is 4.33. The van der Waals surface area contributed by atoms with Crippen LogP contribution < -0.4 is 5.32 Å². The fourth-order valence-electron chi connectivity index (χ4n) is 0.936. The number of alkyl halides is 3. The number of hydrogen-bond donors (Lipinski definition) is 2. The number of rotatable bonds is 3. The molecule has 1 atom stereocenters. The van der Waals surface area contributed by atoms with Gasteiger partial charge < -0.3 is 10.4 Å². The molecule has 0 amide bonds. The molecule has 16 heavy (non-hydrogen) atoms. The number of aliphatic hydroxyl groups excluding tert-OH is 1. The lowest BCUT2D eigenvalue weighted by molar-refractivity contribution is -0.198. The van der Waals surface area contributed by atoms with Crippen LogP contribution in [0.1, 0.15) is 0 Å². The highest BCUT2D eigenvalue weighted by Gasteiger charge is 2.37. The molecule has 0 fully saturated rings. The minimum atomic E-state index is -4.61. The van der Waals surface area contributed by atoms with Crippen molar-refractivity contribution in [2.24, 2.45) is 0 Å². The van der Waals surface area contributed by atoms with Crippen molar-refractivity contribution >= 4 is 33.2 Å². The van der Waals surface area contributed by atoms with Crippen LogP contribution in [0.5, 0.6) is 0 Å². The topological polar surface area (TPSA) is 32.3 Å². The third-order valence-electron chi connectivity index (χ3n) is 1.80. The largest absolute Gasteiger partial charge is 0.416 e. The molecule has 1 rings (SSSR count). The summed E-state index contributed by atoms with van der Waals surface area (Å²) >= 11 is 8.85. The maximum Gasteiger partial charge on any atom is 0.416 e. The molecule has 0 saturated heterocycles. The molecule has 0 bridgehead atoms.